The van der Waals surface area contributed by atoms with Gasteiger partial charge in [-0.15, -0.1) is 0 Å². The normalized spacial score (nSPS) is 17.4. The van der Waals surface area contributed by atoms with E-state index in [1.54, 1.807) is 17.0 Å². The second kappa shape index (κ2) is 11.7. The van der Waals surface area contributed by atoms with Gasteiger partial charge in [0.15, 0.2) is 5.78 Å². The summed E-state index contributed by atoms with van der Waals surface area (Å²) in [6.45, 7) is 6.44. The Morgan fingerprint density at radius 2 is 1.63 bits per heavy atom. The van der Waals surface area contributed by atoms with Crippen LogP contribution in [0.5, 0.6) is 0 Å². The summed E-state index contributed by atoms with van der Waals surface area (Å²) in [6, 6.07) is 12.3. The van der Waals surface area contributed by atoms with E-state index in [4.69, 9.17) is 5.73 Å². The summed E-state index contributed by atoms with van der Waals surface area (Å²) in [7, 11) is 2.15. The Hall–Kier alpha value is -2.81. The van der Waals surface area contributed by atoms with Gasteiger partial charge in [-0.1, -0.05) is 24.3 Å². The van der Waals surface area contributed by atoms with Crippen LogP contribution in [0.25, 0.3) is 0 Å². The Kier molecular flexibility index (Phi) is 8.49. The third-order valence-electron chi connectivity index (χ3n) is 7.00. The van der Waals surface area contributed by atoms with E-state index in [0.29, 0.717) is 18.7 Å². The van der Waals surface area contributed by atoms with Gasteiger partial charge in [-0.05, 0) is 50.1 Å². The summed E-state index contributed by atoms with van der Waals surface area (Å²) in [5, 5.41) is 0. The van der Waals surface area contributed by atoms with E-state index in [9.17, 15) is 14.0 Å². The summed E-state index contributed by atoms with van der Waals surface area (Å²) in [5.41, 5.74) is 7.96. The molecule has 4 rings (SSSR count). The number of ketones is 1. The molecule has 2 amide bonds. The molecule has 2 heterocycles. The van der Waals surface area contributed by atoms with Crippen LogP contribution in [0, 0.1) is 5.82 Å². The second-order valence-corrected chi connectivity index (χ2v) is 9.60. The molecule has 2 fully saturated rings. The number of piperidine rings is 1. The molecule has 2 aromatic rings. The smallest absolute Gasteiger partial charge is 0.324 e. The fraction of sp³-hybridized carbons (Fsp3) is 0.481. The number of carbonyl (C=O) groups excluding carboxylic acids is 2. The van der Waals surface area contributed by atoms with Crippen LogP contribution in [-0.4, -0.2) is 79.4 Å². The summed E-state index contributed by atoms with van der Waals surface area (Å²) < 4.78 is 14.9. The lowest BCUT2D eigenvalue weighted by atomic mass is 10.1. The predicted molar refractivity (Wildman–Crippen MR) is 136 cm³/mol. The van der Waals surface area contributed by atoms with E-state index in [1.165, 1.54) is 11.6 Å². The zero-order valence-electron chi connectivity index (χ0n) is 20.6. The first-order valence-corrected chi connectivity index (χ1v) is 12.5. The zero-order valence-corrected chi connectivity index (χ0v) is 20.6. The lowest BCUT2D eigenvalue weighted by molar-refractivity contribution is 0.100. The number of Topliss-reactive ketones (excluding diaryl/α,β-unsaturated/α-hetero) is 1. The van der Waals surface area contributed by atoms with E-state index < -0.39 is 5.82 Å². The van der Waals surface area contributed by atoms with Crippen molar-refractivity contribution in [3.05, 3.63) is 65.0 Å². The molecule has 2 saturated heterocycles. The van der Waals surface area contributed by atoms with Crippen LogP contribution in [0.1, 0.15) is 40.7 Å². The number of urea groups is 1. The maximum absolute atomic E-state index is 14.9. The molecule has 188 valence electrons. The molecule has 2 aliphatic heterocycles. The highest BCUT2D eigenvalue weighted by Gasteiger charge is 2.25. The molecule has 0 aromatic heterocycles. The van der Waals surface area contributed by atoms with E-state index in [0.717, 1.165) is 57.7 Å². The molecule has 7 nitrogen and oxygen atoms in total. The number of nitrogens with two attached hydrogens (primary N) is 1. The molecule has 0 aliphatic carbocycles. The van der Waals surface area contributed by atoms with Crippen molar-refractivity contribution in [1.82, 2.24) is 14.7 Å². The molecule has 0 saturated carbocycles. The van der Waals surface area contributed by atoms with Crippen molar-refractivity contribution in [1.29, 1.82) is 0 Å². The zero-order chi connectivity index (χ0) is 24.8. The lowest BCUT2D eigenvalue weighted by Gasteiger charge is -2.34. The van der Waals surface area contributed by atoms with Crippen LogP contribution < -0.4 is 10.6 Å². The highest BCUT2D eigenvalue weighted by molar-refractivity contribution is 5.97. The van der Waals surface area contributed by atoms with Crippen molar-refractivity contribution in [2.45, 2.75) is 32.4 Å². The fourth-order valence-corrected chi connectivity index (χ4v) is 4.71. The van der Waals surface area contributed by atoms with Crippen LogP contribution in [0.15, 0.2) is 42.5 Å². The molecule has 0 bridgehead atoms. The van der Waals surface area contributed by atoms with Gasteiger partial charge in [0.25, 0.3) is 0 Å². The van der Waals surface area contributed by atoms with Crippen molar-refractivity contribution < 1.29 is 14.0 Å². The van der Waals surface area contributed by atoms with Crippen molar-refractivity contribution in [2.75, 3.05) is 57.8 Å². The number of halogens is 1. The highest BCUT2D eigenvalue weighted by atomic mass is 19.1. The molecule has 2 N–H and O–H groups in total. The van der Waals surface area contributed by atoms with Gasteiger partial charge in [0.2, 0.25) is 0 Å². The first-order chi connectivity index (χ1) is 16.9. The van der Waals surface area contributed by atoms with Crippen molar-refractivity contribution in [3.8, 4) is 0 Å². The Bertz CT molecular complexity index is 1010. The molecule has 2 aromatic carbocycles. The third-order valence-corrected chi connectivity index (χ3v) is 7.00. The lowest BCUT2D eigenvalue weighted by Crippen LogP contribution is -2.45. The first kappa shape index (κ1) is 25.3. The number of hydrogen-bond acceptors (Lipinski definition) is 5. The van der Waals surface area contributed by atoms with Crippen molar-refractivity contribution in [3.63, 3.8) is 0 Å². The Balaban J connectivity index is 1.54. The largest absolute Gasteiger partial charge is 0.324 e. The number of nitrogens with zero attached hydrogens (tertiary/aromatic N) is 4. The minimum absolute atomic E-state index is 0.0933. The Labute approximate surface area is 207 Å². The molecular weight excluding hydrogens is 445 g/mol. The van der Waals surface area contributed by atoms with Gasteiger partial charge in [0.05, 0.1) is 13.1 Å². The third kappa shape index (κ3) is 6.45. The molecule has 8 heteroatoms. The highest BCUT2D eigenvalue weighted by Crippen LogP contribution is 2.24. The summed E-state index contributed by atoms with van der Waals surface area (Å²) in [5.74, 6) is -0.819. The van der Waals surface area contributed by atoms with Gasteiger partial charge in [0.1, 0.15) is 5.82 Å². The number of piperazine rings is 1. The first-order valence-electron chi connectivity index (χ1n) is 12.5. The quantitative estimate of drug-likeness (QED) is 0.614. The summed E-state index contributed by atoms with van der Waals surface area (Å²) in [6.07, 6.45) is 3.08. The van der Waals surface area contributed by atoms with Crippen molar-refractivity contribution >= 4 is 17.5 Å². The van der Waals surface area contributed by atoms with Crippen LogP contribution in [0.3, 0.4) is 0 Å². The molecule has 2 aliphatic rings. The number of carbonyl (C=O) groups is 2. The van der Waals surface area contributed by atoms with Gasteiger partial charge in [-0.2, -0.15) is 0 Å². The molecular formula is C27H36FN5O2. The summed E-state index contributed by atoms with van der Waals surface area (Å²) >= 11 is 0. The second-order valence-electron chi connectivity index (χ2n) is 9.60. The Morgan fingerprint density at radius 3 is 2.26 bits per heavy atom. The van der Waals surface area contributed by atoms with Gasteiger partial charge in [0, 0.05) is 62.6 Å². The van der Waals surface area contributed by atoms with Gasteiger partial charge in [-0.3, -0.25) is 14.6 Å². The summed E-state index contributed by atoms with van der Waals surface area (Å²) in [4.78, 5) is 33.6. The maximum Gasteiger partial charge on any atom is 0.324 e. The minimum atomic E-state index is -0.507. The number of likely N-dealkylation sites (N-methyl/N-ethyl adjacent to an activating group) is 1. The number of anilines is 1. The minimum Gasteiger partial charge on any atom is -0.324 e. The predicted octanol–water partition coefficient (Wildman–Crippen LogP) is 3.33. The van der Waals surface area contributed by atoms with E-state index in [-0.39, 0.29) is 30.5 Å². The van der Waals surface area contributed by atoms with E-state index in [2.05, 4.69) is 29.0 Å². The maximum atomic E-state index is 14.9. The molecule has 0 atom stereocenters. The standard InChI is InChI=1S/C27H36FN5O2/c1-30-13-15-31(16-14-30)19-21-5-9-24(10-6-21)33(27(35)32-11-3-2-4-12-32)20-23-8-7-22(17-25(23)28)26(34)18-29/h5-10,17H,2-4,11-16,18-20,29H2,1H3. The molecule has 0 unspecified atom stereocenters. The van der Waals surface area contributed by atoms with Crippen LogP contribution in [0.2, 0.25) is 0 Å². The average Bonchev–Trinajstić information content (AvgIpc) is 2.89. The number of likely N-dealkylation sites (tertiary alicyclic amines) is 1. The fourth-order valence-electron chi connectivity index (χ4n) is 4.71. The van der Waals surface area contributed by atoms with E-state index in [1.807, 2.05) is 17.0 Å². The SMILES string of the molecule is CN1CCN(Cc2ccc(N(Cc3ccc(C(=O)CN)cc3F)C(=O)N3CCCCC3)cc2)CC1. The van der Waals surface area contributed by atoms with Gasteiger partial charge in [-0.25, -0.2) is 9.18 Å². The van der Waals surface area contributed by atoms with Crippen LogP contribution in [0.4, 0.5) is 14.9 Å². The molecule has 0 radical (unpaired) electrons. The van der Waals surface area contributed by atoms with Gasteiger partial charge < -0.3 is 15.5 Å². The van der Waals surface area contributed by atoms with Crippen LogP contribution in [-0.2, 0) is 13.1 Å². The van der Waals surface area contributed by atoms with Crippen molar-refractivity contribution in [2.24, 2.45) is 5.73 Å². The molecule has 35 heavy (non-hydrogen) atoms. The number of rotatable bonds is 7. The number of amides is 2. The van der Waals surface area contributed by atoms with Crippen LogP contribution >= 0.6 is 0 Å². The number of hydrogen-bond donors (Lipinski definition) is 1. The average molecular weight is 482 g/mol. The van der Waals surface area contributed by atoms with Gasteiger partial charge >= 0.3 is 6.03 Å². The Morgan fingerprint density at radius 1 is 0.943 bits per heavy atom. The monoisotopic (exact) mass is 481 g/mol. The topological polar surface area (TPSA) is 73.1 Å². The number of benzene rings is 2. The van der Waals surface area contributed by atoms with E-state index >= 15 is 0 Å². The molecule has 0 spiro atoms.